The summed E-state index contributed by atoms with van der Waals surface area (Å²) in [7, 11) is 0. The average Bonchev–Trinajstić information content (AvgIpc) is 2.43. The summed E-state index contributed by atoms with van der Waals surface area (Å²) in [4.78, 5) is 13.8. The molecule has 1 saturated heterocycles. The van der Waals surface area contributed by atoms with Crippen LogP contribution in [0.25, 0.3) is 0 Å². The van der Waals surface area contributed by atoms with E-state index in [0.29, 0.717) is 0 Å². The highest BCUT2D eigenvalue weighted by Crippen LogP contribution is 2.29. The Balaban J connectivity index is 2.56. The van der Waals surface area contributed by atoms with Gasteiger partial charge < -0.3 is 10.6 Å². The first-order valence-corrected chi connectivity index (χ1v) is 5.38. The highest BCUT2D eigenvalue weighted by molar-refractivity contribution is 5.82. The molecular formula is C11H22N2O. The van der Waals surface area contributed by atoms with Gasteiger partial charge in [0, 0.05) is 13.1 Å². The quantitative estimate of drug-likeness (QED) is 0.725. The Morgan fingerprint density at radius 3 is 2.36 bits per heavy atom. The standard InChI is InChI=1S/C11H22N2O/c1-8(2)9(12)10(14)13-6-5-11(3,4)7-13/h8-9H,5-7,12H2,1-4H3/t9-/m0/s1. The van der Waals surface area contributed by atoms with Crippen LogP contribution in [-0.2, 0) is 4.79 Å². The van der Waals surface area contributed by atoms with Crippen molar-refractivity contribution in [3.05, 3.63) is 0 Å². The molecule has 82 valence electrons. The van der Waals surface area contributed by atoms with Gasteiger partial charge in [0.15, 0.2) is 0 Å². The van der Waals surface area contributed by atoms with Gasteiger partial charge in [-0.1, -0.05) is 27.7 Å². The van der Waals surface area contributed by atoms with Crippen molar-refractivity contribution in [2.24, 2.45) is 17.1 Å². The molecular weight excluding hydrogens is 176 g/mol. The topological polar surface area (TPSA) is 46.3 Å². The van der Waals surface area contributed by atoms with Crippen LogP contribution in [0.5, 0.6) is 0 Å². The predicted octanol–water partition coefficient (Wildman–Crippen LogP) is 1.23. The van der Waals surface area contributed by atoms with Gasteiger partial charge in [-0.05, 0) is 17.8 Å². The lowest BCUT2D eigenvalue weighted by molar-refractivity contribution is -0.132. The number of rotatable bonds is 2. The second-order valence-electron chi connectivity index (χ2n) is 5.44. The molecule has 0 radical (unpaired) electrons. The van der Waals surface area contributed by atoms with Crippen molar-refractivity contribution in [2.75, 3.05) is 13.1 Å². The van der Waals surface area contributed by atoms with Gasteiger partial charge in [0.2, 0.25) is 5.91 Å². The molecule has 1 aliphatic heterocycles. The summed E-state index contributed by atoms with van der Waals surface area (Å²) in [5.74, 6) is 0.344. The smallest absolute Gasteiger partial charge is 0.239 e. The molecule has 1 fully saturated rings. The fraction of sp³-hybridized carbons (Fsp3) is 0.909. The van der Waals surface area contributed by atoms with Gasteiger partial charge in [0.1, 0.15) is 0 Å². The molecule has 0 aliphatic carbocycles. The SMILES string of the molecule is CC(C)[C@H](N)C(=O)N1CCC(C)(C)C1. The molecule has 14 heavy (non-hydrogen) atoms. The number of carbonyl (C=O) groups excluding carboxylic acids is 1. The molecule has 3 heteroatoms. The van der Waals surface area contributed by atoms with E-state index in [9.17, 15) is 4.79 Å². The number of likely N-dealkylation sites (tertiary alicyclic amines) is 1. The van der Waals surface area contributed by atoms with Crippen molar-refractivity contribution >= 4 is 5.91 Å². The molecule has 0 saturated carbocycles. The largest absolute Gasteiger partial charge is 0.341 e. The zero-order valence-electron chi connectivity index (χ0n) is 9.71. The number of nitrogens with two attached hydrogens (primary N) is 1. The molecule has 1 amide bonds. The third-order valence-corrected chi connectivity index (χ3v) is 2.99. The molecule has 1 heterocycles. The van der Waals surface area contributed by atoms with E-state index in [4.69, 9.17) is 5.73 Å². The lowest BCUT2D eigenvalue weighted by Crippen LogP contribution is -2.45. The minimum atomic E-state index is -0.330. The van der Waals surface area contributed by atoms with Crippen molar-refractivity contribution in [3.8, 4) is 0 Å². The molecule has 1 aliphatic rings. The molecule has 3 nitrogen and oxygen atoms in total. The van der Waals surface area contributed by atoms with Crippen molar-refractivity contribution in [1.29, 1.82) is 0 Å². The summed E-state index contributed by atoms with van der Waals surface area (Å²) in [6.07, 6.45) is 1.09. The summed E-state index contributed by atoms with van der Waals surface area (Å²) in [5, 5.41) is 0. The van der Waals surface area contributed by atoms with Crippen LogP contribution in [-0.4, -0.2) is 29.9 Å². The van der Waals surface area contributed by atoms with Crippen molar-refractivity contribution in [2.45, 2.75) is 40.2 Å². The van der Waals surface area contributed by atoms with Gasteiger partial charge in [0.05, 0.1) is 6.04 Å². The predicted molar refractivity (Wildman–Crippen MR) is 57.8 cm³/mol. The highest BCUT2D eigenvalue weighted by atomic mass is 16.2. The van der Waals surface area contributed by atoms with Gasteiger partial charge in [0.25, 0.3) is 0 Å². The molecule has 2 N–H and O–H groups in total. The first-order valence-electron chi connectivity index (χ1n) is 5.38. The maximum atomic E-state index is 11.9. The Bertz CT molecular complexity index is 223. The van der Waals surface area contributed by atoms with E-state index in [2.05, 4.69) is 13.8 Å². The zero-order valence-corrected chi connectivity index (χ0v) is 9.71. The van der Waals surface area contributed by atoms with Crippen molar-refractivity contribution in [3.63, 3.8) is 0 Å². The maximum absolute atomic E-state index is 11.9. The Hall–Kier alpha value is -0.570. The number of amides is 1. The normalized spacial score (nSPS) is 22.9. The summed E-state index contributed by atoms with van der Waals surface area (Å²) in [6, 6.07) is -0.330. The van der Waals surface area contributed by atoms with E-state index in [-0.39, 0.29) is 23.3 Å². The van der Waals surface area contributed by atoms with Gasteiger partial charge in [-0.25, -0.2) is 0 Å². The second kappa shape index (κ2) is 3.89. The maximum Gasteiger partial charge on any atom is 0.239 e. The van der Waals surface area contributed by atoms with Crippen LogP contribution in [0.4, 0.5) is 0 Å². The first kappa shape index (κ1) is 11.5. The van der Waals surface area contributed by atoms with Crippen molar-refractivity contribution < 1.29 is 4.79 Å². The van der Waals surface area contributed by atoms with E-state index in [1.165, 1.54) is 0 Å². The van der Waals surface area contributed by atoms with E-state index in [1.54, 1.807) is 0 Å². The summed E-state index contributed by atoms with van der Waals surface area (Å²) < 4.78 is 0. The van der Waals surface area contributed by atoms with Crippen molar-refractivity contribution in [1.82, 2.24) is 4.90 Å². The van der Waals surface area contributed by atoms with E-state index < -0.39 is 0 Å². The van der Waals surface area contributed by atoms with Gasteiger partial charge in [-0.15, -0.1) is 0 Å². The highest BCUT2D eigenvalue weighted by Gasteiger charge is 2.34. The lowest BCUT2D eigenvalue weighted by Gasteiger charge is -2.24. The molecule has 1 rings (SSSR count). The van der Waals surface area contributed by atoms with Crippen LogP contribution >= 0.6 is 0 Å². The molecule has 0 unspecified atom stereocenters. The third kappa shape index (κ3) is 2.47. The number of carbonyl (C=O) groups is 1. The number of hydrogen-bond donors (Lipinski definition) is 1. The van der Waals surface area contributed by atoms with E-state index in [1.807, 2.05) is 18.7 Å². The minimum Gasteiger partial charge on any atom is -0.341 e. The van der Waals surface area contributed by atoms with Crippen LogP contribution < -0.4 is 5.73 Å². The summed E-state index contributed by atoms with van der Waals surface area (Å²) in [6.45, 7) is 10.1. The summed E-state index contributed by atoms with van der Waals surface area (Å²) in [5.41, 5.74) is 6.11. The zero-order chi connectivity index (χ0) is 10.9. The van der Waals surface area contributed by atoms with Gasteiger partial charge in [-0.2, -0.15) is 0 Å². The third-order valence-electron chi connectivity index (χ3n) is 2.99. The summed E-state index contributed by atoms with van der Waals surface area (Å²) >= 11 is 0. The fourth-order valence-electron chi connectivity index (χ4n) is 1.80. The van der Waals surface area contributed by atoms with Gasteiger partial charge >= 0.3 is 0 Å². The number of hydrogen-bond acceptors (Lipinski definition) is 2. The van der Waals surface area contributed by atoms with Crippen LogP contribution in [0.15, 0.2) is 0 Å². The van der Waals surface area contributed by atoms with Crippen LogP contribution in [0.3, 0.4) is 0 Å². The van der Waals surface area contributed by atoms with E-state index >= 15 is 0 Å². The Labute approximate surface area is 86.6 Å². The van der Waals surface area contributed by atoms with Gasteiger partial charge in [-0.3, -0.25) is 4.79 Å². The Kier molecular flexibility index (Phi) is 3.20. The molecule has 0 bridgehead atoms. The average molecular weight is 198 g/mol. The monoisotopic (exact) mass is 198 g/mol. The Morgan fingerprint density at radius 1 is 1.43 bits per heavy atom. The molecule has 0 aromatic carbocycles. The second-order valence-corrected chi connectivity index (χ2v) is 5.44. The molecule has 0 spiro atoms. The van der Waals surface area contributed by atoms with Crippen LogP contribution in [0.2, 0.25) is 0 Å². The molecule has 1 atom stereocenters. The number of nitrogens with zero attached hydrogens (tertiary/aromatic N) is 1. The Morgan fingerprint density at radius 2 is 2.00 bits per heavy atom. The molecule has 0 aromatic heterocycles. The fourth-order valence-corrected chi connectivity index (χ4v) is 1.80. The molecule has 0 aromatic rings. The van der Waals surface area contributed by atoms with E-state index in [0.717, 1.165) is 19.5 Å². The first-order chi connectivity index (χ1) is 6.33. The minimum absolute atomic E-state index is 0.116. The van der Waals surface area contributed by atoms with Crippen LogP contribution in [0, 0.1) is 11.3 Å². The van der Waals surface area contributed by atoms with Crippen LogP contribution in [0.1, 0.15) is 34.1 Å². The lowest BCUT2D eigenvalue weighted by atomic mass is 9.93.